The maximum Gasteiger partial charge on any atom is 0.261 e. The number of halogens is 2. The van der Waals surface area contributed by atoms with E-state index >= 15 is 0 Å². The van der Waals surface area contributed by atoms with Crippen LogP contribution in [0.1, 0.15) is 12.2 Å². The molecule has 0 bridgehead atoms. The molecule has 1 aromatic rings. The lowest BCUT2D eigenvalue weighted by atomic mass is 10.4. The first-order valence-electron chi connectivity index (χ1n) is 4.88. The molecule has 0 atom stereocenters. The van der Waals surface area contributed by atoms with Crippen LogP contribution in [-0.4, -0.2) is 26.2 Å². The van der Waals surface area contributed by atoms with Crippen LogP contribution >= 0.6 is 0 Å². The minimum Gasteiger partial charge on any atom is -0.468 e. The van der Waals surface area contributed by atoms with Crippen molar-refractivity contribution < 1.29 is 17.9 Å². The van der Waals surface area contributed by atoms with E-state index in [2.05, 4.69) is 5.32 Å². The van der Waals surface area contributed by atoms with E-state index in [9.17, 15) is 8.78 Å². The molecule has 1 aromatic heterocycles. The van der Waals surface area contributed by atoms with Gasteiger partial charge in [-0.25, -0.2) is 8.78 Å². The molecule has 0 fully saturated rings. The predicted molar refractivity (Wildman–Crippen MR) is 51.9 cm³/mol. The Morgan fingerprint density at radius 1 is 1.47 bits per heavy atom. The molecule has 0 aliphatic carbocycles. The topological polar surface area (TPSA) is 34.4 Å². The van der Waals surface area contributed by atoms with Crippen LogP contribution in [0.3, 0.4) is 0 Å². The molecule has 0 aliphatic heterocycles. The lowest BCUT2D eigenvalue weighted by Crippen LogP contribution is -2.16. The van der Waals surface area contributed by atoms with Crippen molar-refractivity contribution in [3.05, 3.63) is 24.2 Å². The number of alkyl halides is 2. The van der Waals surface area contributed by atoms with Crippen LogP contribution in [0.25, 0.3) is 0 Å². The van der Waals surface area contributed by atoms with Crippen molar-refractivity contribution in [2.45, 2.75) is 19.4 Å². The molecule has 0 amide bonds. The molecular formula is C10H15F2NO2. The molecule has 1 rings (SSSR count). The monoisotopic (exact) mass is 219 g/mol. The highest BCUT2D eigenvalue weighted by atomic mass is 19.3. The molecule has 1 N–H and O–H groups in total. The molecule has 86 valence electrons. The first-order chi connectivity index (χ1) is 7.29. The van der Waals surface area contributed by atoms with Crippen LogP contribution in [0.15, 0.2) is 22.8 Å². The Bertz CT molecular complexity index is 240. The highest BCUT2D eigenvalue weighted by Gasteiger charge is 2.00. The molecule has 1 heterocycles. The summed E-state index contributed by atoms with van der Waals surface area (Å²) in [7, 11) is 0. The smallest absolute Gasteiger partial charge is 0.261 e. The number of nitrogens with one attached hydrogen (secondary N) is 1. The molecule has 3 nitrogen and oxygen atoms in total. The molecular weight excluding hydrogens is 204 g/mol. The van der Waals surface area contributed by atoms with Gasteiger partial charge in [-0.05, 0) is 25.1 Å². The summed E-state index contributed by atoms with van der Waals surface area (Å²) in [5, 5.41) is 3.11. The lowest BCUT2D eigenvalue weighted by molar-refractivity contribution is 0.0168. The maximum absolute atomic E-state index is 11.6. The number of rotatable bonds is 8. The Kier molecular flexibility index (Phi) is 5.96. The zero-order valence-electron chi connectivity index (χ0n) is 8.42. The fourth-order valence-electron chi connectivity index (χ4n) is 1.10. The largest absolute Gasteiger partial charge is 0.468 e. The Hall–Kier alpha value is -0.940. The molecule has 0 saturated carbocycles. The normalized spacial score (nSPS) is 11.1. The summed E-state index contributed by atoms with van der Waals surface area (Å²) in [5.41, 5.74) is 0. The fraction of sp³-hybridized carbons (Fsp3) is 0.600. The van der Waals surface area contributed by atoms with E-state index in [1.165, 1.54) is 0 Å². The molecule has 5 heteroatoms. The number of hydrogen-bond acceptors (Lipinski definition) is 3. The van der Waals surface area contributed by atoms with E-state index in [1.807, 2.05) is 12.1 Å². The van der Waals surface area contributed by atoms with Gasteiger partial charge in [0.25, 0.3) is 6.43 Å². The van der Waals surface area contributed by atoms with Gasteiger partial charge in [0.05, 0.1) is 12.8 Å². The average Bonchev–Trinajstić information content (AvgIpc) is 2.68. The number of ether oxygens (including phenoxy) is 1. The van der Waals surface area contributed by atoms with Gasteiger partial charge in [0.1, 0.15) is 12.4 Å². The second-order valence-electron chi connectivity index (χ2n) is 3.08. The lowest BCUT2D eigenvalue weighted by Gasteiger charge is -2.04. The van der Waals surface area contributed by atoms with Crippen molar-refractivity contribution in [1.29, 1.82) is 0 Å². The number of furan rings is 1. The highest BCUT2D eigenvalue weighted by molar-refractivity contribution is 4.97. The van der Waals surface area contributed by atoms with Gasteiger partial charge < -0.3 is 14.5 Å². The van der Waals surface area contributed by atoms with Crippen LogP contribution in [0.5, 0.6) is 0 Å². The van der Waals surface area contributed by atoms with E-state index < -0.39 is 13.0 Å². The van der Waals surface area contributed by atoms with Crippen LogP contribution in [0.4, 0.5) is 8.78 Å². The molecule has 0 radical (unpaired) electrons. The molecule has 0 spiro atoms. The maximum atomic E-state index is 11.6. The summed E-state index contributed by atoms with van der Waals surface area (Å²) in [6.45, 7) is 1.26. The van der Waals surface area contributed by atoms with Crippen molar-refractivity contribution in [1.82, 2.24) is 5.32 Å². The van der Waals surface area contributed by atoms with Crippen molar-refractivity contribution in [3.8, 4) is 0 Å². The van der Waals surface area contributed by atoms with Crippen LogP contribution in [-0.2, 0) is 11.3 Å². The molecule has 0 aromatic carbocycles. The van der Waals surface area contributed by atoms with Crippen LogP contribution < -0.4 is 5.32 Å². The summed E-state index contributed by atoms with van der Waals surface area (Å²) >= 11 is 0. The van der Waals surface area contributed by atoms with E-state index in [0.29, 0.717) is 19.6 Å². The zero-order chi connectivity index (χ0) is 10.9. The van der Waals surface area contributed by atoms with Crippen LogP contribution in [0, 0.1) is 0 Å². The highest BCUT2D eigenvalue weighted by Crippen LogP contribution is 1.98. The van der Waals surface area contributed by atoms with Gasteiger partial charge in [-0.1, -0.05) is 0 Å². The second kappa shape index (κ2) is 7.36. The van der Waals surface area contributed by atoms with Gasteiger partial charge in [-0.3, -0.25) is 0 Å². The third kappa shape index (κ3) is 6.19. The van der Waals surface area contributed by atoms with Crippen molar-refractivity contribution in [2.24, 2.45) is 0 Å². The first-order valence-corrected chi connectivity index (χ1v) is 4.88. The van der Waals surface area contributed by atoms with Gasteiger partial charge in [0.15, 0.2) is 0 Å². The summed E-state index contributed by atoms with van der Waals surface area (Å²) in [5.74, 6) is 0.864. The van der Waals surface area contributed by atoms with Crippen LogP contribution in [0.2, 0.25) is 0 Å². The Balaban J connectivity index is 1.85. The van der Waals surface area contributed by atoms with E-state index in [4.69, 9.17) is 9.15 Å². The predicted octanol–water partition coefficient (Wildman–Crippen LogP) is 2.04. The molecule has 0 saturated heterocycles. The van der Waals surface area contributed by atoms with Gasteiger partial charge in [0.2, 0.25) is 0 Å². The SMILES string of the molecule is FC(F)COCCCNCc1ccco1. The Morgan fingerprint density at radius 2 is 2.33 bits per heavy atom. The summed E-state index contributed by atoms with van der Waals surface area (Å²) in [4.78, 5) is 0. The van der Waals surface area contributed by atoms with E-state index in [1.54, 1.807) is 6.26 Å². The Morgan fingerprint density at radius 3 is 3.00 bits per heavy atom. The standard InChI is InChI=1S/C10H15F2NO2/c11-10(12)8-14-5-2-4-13-7-9-3-1-6-15-9/h1,3,6,10,13H,2,4-5,7-8H2. The van der Waals surface area contributed by atoms with Gasteiger partial charge in [-0.2, -0.15) is 0 Å². The first kappa shape index (κ1) is 12.1. The minimum atomic E-state index is -2.37. The fourth-order valence-corrected chi connectivity index (χ4v) is 1.10. The third-order valence-electron chi connectivity index (χ3n) is 1.77. The zero-order valence-corrected chi connectivity index (χ0v) is 8.42. The average molecular weight is 219 g/mol. The number of hydrogen-bond donors (Lipinski definition) is 1. The van der Waals surface area contributed by atoms with Gasteiger partial charge >= 0.3 is 0 Å². The van der Waals surface area contributed by atoms with Crippen molar-refractivity contribution >= 4 is 0 Å². The van der Waals surface area contributed by atoms with Gasteiger partial charge in [-0.15, -0.1) is 0 Å². The second-order valence-corrected chi connectivity index (χ2v) is 3.08. The quantitative estimate of drug-likeness (QED) is 0.679. The van der Waals surface area contributed by atoms with E-state index in [0.717, 1.165) is 12.3 Å². The summed E-state index contributed by atoms with van der Waals surface area (Å²) in [6.07, 6.45) is -0.0444. The van der Waals surface area contributed by atoms with Gasteiger partial charge in [0, 0.05) is 6.61 Å². The molecule has 0 unspecified atom stereocenters. The van der Waals surface area contributed by atoms with Crippen molar-refractivity contribution in [2.75, 3.05) is 19.8 Å². The molecule has 15 heavy (non-hydrogen) atoms. The Labute approximate surface area is 87.4 Å². The molecule has 0 aliphatic rings. The van der Waals surface area contributed by atoms with E-state index in [-0.39, 0.29) is 0 Å². The minimum absolute atomic E-state index is 0.357. The van der Waals surface area contributed by atoms with Crippen molar-refractivity contribution in [3.63, 3.8) is 0 Å². The summed E-state index contributed by atoms with van der Waals surface area (Å²) < 4.78 is 33.1. The third-order valence-corrected chi connectivity index (χ3v) is 1.77. The summed E-state index contributed by atoms with van der Waals surface area (Å²) in [6, 6.07) is 3.70.